The summed E-state index contributed by atoms with van der Waals surface area (Å²) in [7, 11) is 2.27. The first-order valence-electron chi connectivity index (χ1n) is 7.26. The molecule has 1 N–H and O–H groups in total. The molecule has 1 heterocycles. The number of hydrogen-bond acceptors (Lipinski definition) is 2. The van der Waals surface area contributed by atoms with Crippen LogP contribution in [-0.4, -0.2) is 23.1 Å². The van der Waals surface area contributed by atoms with Gasteiger partial charge in [-0.25, -0.2) is 0 Å². The van der Waals surface area contributed by atoms with Crippen molar-refractivity contribution in [1.29, 1.82) is 0 Å². The Hall–Kier alpha value is -1.02. The van der Waals surface area contributed by atoms with Gasteiger partial charge in [-0.15, -0.1) is 0 Å². The van der Waals surface area contributed by atoms with Gasteiger partial charge in [0.1, 0.15) is 5.75 Å². The van der Waals surface area contributed by atoms with Crippen molar-refractivity contribution in [2.24, 2.45) is 5.92 Å². The Morgan fingerprint density at radius 1 is 1.17 bits per heavy atom. The van der Waals surface area contributed by atoms with E-state index in [1.165, 1.54) is 44.1 Å². The molecular weight excluding hydrogens is 222 g/mol. The van der Waals surface area contributed by atoms with Crippen LogP contribution in [0.4, 0.5) is 0 Å². The van der Waals surface area contributed by atoms with Crippen molar-refractivity contribution in [2.45, 2.75) is 50.6 Å². The average molecular weight is 245 g/mol. The molecule has 98 valence electrons. The predicted molar refractivity (Wildman–Crippen MR) is 73.6 cm³/mol. The topological polar surface area (TPSA) is 23.5 Å². The third kappa shape index (κ3) is 2.14. The zero-order valence-corrected chi connectivity index (χ0v) is 11.2. The van der Waals surface area contributed by atoms with E-state index in [2.05, 4.69) is 18.0 Å². The van der Waals surface area contributed by atoms with Crippen LogP contribution >= 0.6 is 0 Å². The maximum atomic E-state index is 9.64. The van der Waals surface area contributed by atoms with E-state index < -0.39 is 0 Å². The molecule has 0 spiro atoms. The second-order valence-corrected chi connectivity index (χ2v) is 5.98. The largest absolute Gasteiger partial charge is 0.508 e. The van der Waals surface area contributed by atoms with E-state index in [1.807, 2.05) is 12.1 Å². The molecule has 1 saturated carbocycles. The molecule has 1 aromatic rings. The molecule has 1 aromatic carbocycles. The number of rotatable bonds is 1. The van der Waals surface area contributed by atoms with Gasteiger partial charge in [-0.2, -0.15) is 0 Å². The summed E-state index contributed by atoms with van der Waals surface area (Å²) >= 11 is 0. The number of nitrogens with zero attached hydrogens (tertiary/aromatic N) is 1. The van der Waals surface area contributed by atoms with Gasteiger partial charge in [0.2, 0.25) is 0 Å². The summed E-state index contributed by atoms with van der Waals surface area (Å²) in [5.74, 6) is 1.26. The summed E-state index contributed by atoms with van der Waals surface area (Å²) in [5.41, 5.74) is 1.28. The first-order valence-corrected chi connectivity index (χ1v) is 7.26. The summed E-state index contributed by atoms with van der Waals surface area (Å²) in [4.78, 5) is 2.56. The molecule has 3 rings (SSSR count). The molecule has 18 heavy (non-hydrogen) atoms. The average Bonchev–Trinajstić information content (AvgIpc) is 2.55. The van der Waals surface area contributed by atoms with Gasteiger partial charge in [0.25, 0.3) is 0 Å². The summed E-state index contributed by atoms with van der Waals surface area (Å²) in [5, 5.41) is 9.64. The van der Waals surface area contributed by atoms with Crippen molar-refractivity contribution in [1.82, 2.24) is 4.90 Å². The highest BCUT2D eigenvalue weighted by molar-refractivity contribution is 5.30. The van der Waals surface area contributed by atoms with Crippen molar-refractivity contribution < 1.29 is 5.11 Å². The number of likely N-dealkylation sites (tertiary alicyclic amines) is 1. The van der Waals surface area contributed by atoms with E-state index in [1.54, 1.807) is 6.07 Å². The lowest BCUT2D eigenvalue weighted by Gasteiger charge is -2.27. The van der Waals surface area contributed by atoms with Crippen molar-refractivity contribution in [3.8, 4) is 5.75 Å². The molecule has 2 aliphatic rings. The molecule has 1 aliphatic carbocycles. The van der Waals surface area contributed by atoms with Gasteiger partial charge >= 0.3 is 0 Å². The van der Waals surface area contributed by atoms with E-state index >= 15 is 0 Å². The SMILES string of the molecule is CN1C(c2cccc(O)c2)CC2CCCCCC21. The van der Waals surface area contributed by atoms with Gasteiger partial charge in [-0.1, -0.05) is 31.4 Å². The van der Waals surface area contributed by atoms with Gasteiger partial charge in [0, 0.05) is 12.1 Å². The Kier molecular flexibility index (Phi) is 3.29. The van der Waals surface area contributed by atoms with E-state index in [0.29, 0.717) is 11.8 Å². The van der Waals surface area contributed by atoms with Gasteiger partial charge in [-0.3, -0.25) is 4.90 Å². The lowest BCUT2D eigenvalue weighted by Crippen LogP contribution is -2.30. The maximum absolute atomic E-state index is 9.64. The summed E-state index contributed by atoms with van der Waals surface area (Å²) in [6.07, 6.45) is 8.23. The summed E-state index contributed by atoms with van der Waals surface area (Å²) in [6.45, 7) is 0. The van der Waals surface area contributed by atoms with Crippen LogP contribution in [-0.2, 0) is 0 Å². The van der Waals surface area contributed by atoms with Crippen molar-refractivity contribution in [3.63, 3.8) is 0 Å². The second-order valence-electron chi connectivity index (χ2n) is 5.98. The van der Waals surface area contributed by atoms with Crippen molar-refractivity contribution in [2.75, 3.05) is 7.05 Å². The molecule has 0 radical (unpaired) electrons. The number of phenolic OH excluding ortho intramolecular Hbond substituents is 1. The number of hydrogen-bond donors (Lipinski definition) is 1. The molecule has 3 atom stereocenters. The molecule has 2 heteroatoms. The zero-order chi connectivity index (χ0) is 12.5. The number of aromatic hydroxyl groups is 1. The van der Waals surface area contributed by atoms with Gasteiger partial charge in [0.15, 0.2) is 0 Å². The van der Waals surface area contributed by atoms with Crippen molar-refractivity contribution >= 4 is 0 Å². The fraction of sp³-hybridized carbons (Fsp3) is 0.625. The fourth-order valence-corrected chi connectivity index (χ4v) is 3.96. The highest BCUT2D eigenvalue weighted by Crippen LogP contribution is 2.44. The Morgan fingerprint density at radius 2 is 2.00 bits per heavy atom. The quantitative estimate of drug-likeness (QED) is 0.815. The van der Waals surface area contributed by atoms with Gasteiger partial charge < -0.3 is 5.11 Å². The van der Waals surface area contributed by atoms with Crippen LogP contribution in [0.15, 0.2) is 24.3 Å². The van der Waals surface area contributed by atoms with Crippen LogP contribution in [0.25, 0.3) is 0 Å². The lowest BCUT2D eigenvalue weighted by molar-refractivity contribution is 0.216. The molecule has 0 bridgehead atoms. The smallest absolute Gasteiger partial charge is 0.115 e. The first-order chi connectivity index (χ1) is 8.75. The fourth-order valence-electron chi connectivity index (χ4n) is 3.96. The predicted octanol–water partition coefficient (Wildman–Crippen LogP) is 3.72. The van der Waals surface area contributed by atoms with E-state index in [9.17, 15) is 5.11 Å². The van der Waals surface area contributed by atoms with Crippen LogP contribution in [0, 0.1) is 5.92 Å². The van der Waals surface area contributed by atoms with Crippen LogP contribution in [0.1, 0.15) is 50.1 Å². The van der Waals surface area contributed by atoms with Gasteiger partial charge in [-0.05, 0) is 49.9 Å². The second kappa shape index (κ2) is 4.93. The Morgan fingerprint density at radius 3 is 2.83 bits per heavy atom. The summed E-state index contributed by atoms with van der Waals surface area (Å²) in [6, 6.07) is 9.09. The highest BCUT2D eigenvalue weighted by atomic mass is 16.3. The molecule has 2 fully saturated rings. The van der Waals surface area contributed by atoms with E-state index in [4.69, 9.17) is 0 Å². The first kappa shape index (κ1) is 12.0. The number of benzene rings is 1. The Balaban J connectivity index is 1.82. The molecule has 0 amide bonds. The van der Waals surface area contributed by atoms with Crippen LogP contribution in [0.5, 0.6) is 5.75 Å². The third-order valence-corrected chi connectivity index (χ3v) is 4.91. The van der Waals surface area contributed by atoms with Crippen LogP contribution < -0.4 is 0 Å². The minimum Gasteiger partial charge on any atom is -0.508 e. The standard InChI is InChI=1S/C16H23NO/c1-17-15-9-4-2-3-6-13(15)11-16(17)12-7-5-8-14(18)10-12/h5,7-8,10,13,15-16,18H,2-4,6,9,11H2,1H3. The molecule has 3 unspecified atom stereocenters. The van der Waals surface area contributed by atoms with E-state index in [0.717, 1.165) is 12.0 Å². The van der Waals surface area contributed by atoms with Gasteiger partial charge in [0.05, 0.1) is 0 Å². The Labute approximate surface area is 110 Å². The van der Waals surface area contributed by atoms with E-state index in [-0.39, 0.29) is 0 Å². The molecule has 2 nitrogen and oxygen atoms in total. The number of fused-ring (bicyclic) bond motifs is 1. The monoisotopic (exact) mass is 245 g/mol. The molecule has 1 saturated heterocycles. The molecule has 0 aromatic heterocycles. The van der Waals surface area contributed by atoms with Crippen LogP contribution in [0.2, 0.25) is 0 Å². The lowest BCUT2D eigenvalue weighted by atomic mass is 9.93. The normalized spacial score (nSPS) is 33.1. The Bertz CT molecular complexity index is 417. The minimum absolute atomic E-state index is 0.396. The van der Waals surface area contributed by atoms with Crippen LogP contribution in [0.3, 0.4) is 0 Å². The van der Waals surface area contributed by atoms with Crippen molar-refractivity contribution in [3.05, 3.63) is 29.8 Å². The molecular formula is C16H23NO. The molecule has 1 aliphatic heterocycles. The number of phenols is 1. The highest BCUT2D eigenvalue weighted by Gasteiger charge is 2.39. The zero-order valence-electron chi connectivity index (χ0n) is 11.2. The minimum atomic E-state index is 0.396. The summed E-state index contributed by atoms with van der Waals surface area (Å²) < 4.78 is 0. The third-order valence-electron chi connectivity index (χ3n) is 4.91. The maximum Gasteiger partial charge on any atom is 0.115 e.